The molecule has 2 heterocycles. The number of rotatable bonds is 18. The van der Waals surface area contributed by atoms with Crippen LogP contribution in [0.4, 0.5) is 22.7 Å². The molecule has 0 spiro atoms. The van der Waals surface area contributed by atoms with Gasteiger partial charge in [-0.25, -0.2) is 0 Å². The van der Waals surface area contributed by atoms with Crippen molar-refractivity contribution in [3.05, 3.63) is 145 Å². The molecule has 0 fully saturated rings. The molecular formula is C68H96N4PtSi2. The van der Waals surface area contributed by atoms with Crippen LogP contribution < -0.4 is 19.6 Å². The number of unbranched alkanes of at least 4 members (excludes halogenated alkanes) is 4. The number of nitrogens with zero attached hydrogens (tertiary/aromatic N) is 4. The quantitative estimate of drug-likeness (QED) is 0.0559. The molecule has 4 aromatic rings. The Bertz CT molecular complexity index is 2170. The second-order valence-corrected chi connectivity index (χ2v) is 33.3. The van der Waals surface area contributed by atoms with Crippen molar-refractivity contribution in [3.63, 3.8) is 0 Å². The zero-order valence-electron chi connectivity index (χ0n) is 49.4. The standard InChI is InChI=1S/2C19H25Si.2C15H23N2.Pt/c2*1-8-18-9-11-19(12-10-18)13-14-20(15(2)3,16(4)5)17(6)7;2*1-3-5-11-16-13-17(12-6-4-2)15-10-8-7-9-14(15)16;/h2*9-12,15-17H,2-7H3;2*7-10,13H,3-6,11-12H2,1-2H3;/q4*-1;+4. The zero-order chi connectivity index (χ0) is 54.8. The topological polar surface area (TPSA) is 13.0 Å². The van der Waals surface area contributed by atoms with E-state index in [2.05, 4.69) is 227 Å². The molecule has 75 heavy (non-hydrogen) atoms. The van der Waals surface area contributed by atoms with E-state index >= 15 is 0 Å². The van der Waals surface area contributed by atoms with Crippen LogP contribution in [-0.4, -0.2) is 42.3 Å². The first-order chi connectivity index (χ1) is 35.4. The van der Waals surface area contributed by atoms with Crippen LogP contribution in [0.5, 0.6) is 0 Å². The molecule has 0 aliphatic carbocycles. The van der Waals surface area contributed by atoms with Crippen LogP contribution in [-0.2, 0) is 21.1 Å². The van der Waals surface area contributed by atoms with Gasteiger partial charge < -0.3 is 32.4 Å². The molecule has 6 rings (SSSR count). The van der Waals surface area contributed by atoms with Crippen LogP contribution in [0.3, 0.4) is 0 Å². The number of anilines is 4. The minimum atomic E-state index is -1.65. The van der Waals surface area contributed by atoms with Gasteiger partial charge in [0.15, 0.2) is 0 Å². The Morgan fingerprint density at radius 1 is 0.373 bits per heavy atom. The third-order valence-electron chi connectivity index (χ3n) is 15.2. The monoisotopic (exact) mass is 1220 g/mol. The average Bonchev–Trinajstić information content (AvgIpc) is 3.93. The van der Waals surface area contributed by atoms with E-state index in [4.69, 9.17) is 12.8 Å². The van der Waals surface area contributed by atoms with Gasteiger partial charge in [-0.1, -0.05) is 197 Å². The third-order valence-corrected chi connectivity index (χ3v) is 27.8. The van der Waals surface area contributed by atoms with Gasteiger partial charge in [0.25, 0.3) is 0 Å². The van der Waals surface area contributed by atoms with E-state index in [1.54, 1.807) is 0 Å². The molecule has 4 aromatic carbocycles. The largest absolute Gasteiger partial charge is 4.00 e. The second kappa shape index (κ2) is 34.3. The molecule has 2 aliphatic heterocycles. The molecule has 0 unspecified atom stereocenters. The molecule has 0 aromatic heterocycles. The molecule has 7 heteroatoms. The van der Waals surface area contributed by atoms with Gasteiger partial charge in [-0.3, -0.25) is 11.8 Å². The van der Waals surface area contributed by atoms with E-state index < -0.39 is 16.1 Å². The van der Waals surface area contributed by atoms with Gasteiger partial charge in [-0.15, -0.1) is 46.5 Å². The first kappa shape index (κ1) is 66.6. The summed E-state index contributed by atoms with van der Waals surface area (Å²) in [6.45, 7) is 46.0. The van der Waals surface area contributed by atoms with E-state index in [0.717, 1.165) is 48.4 Å². The maximum Gasteiger partial charge on any atom is 4.00 e. The van der Waals surface area contributed by atoms with Gasteiger partial charge in [0, 0.05) is 33.9 Å². The van der Waals surface area contributed by atoms with E-state index in [0.29, 0.717) is 33.2 Å². The van der Waals surface area contributed by atoms with Gasteiger partial charge in [0.2, 0.25) is 0 Å². The number of benzene rings is 4. The molecule has 0 N–H and O–H groups in total. The van der Waals surface area contributed by atoms with Crippen LogP contribution in [0.1, 0.15) is 184 Å². The van der Waals surface area contributed by atoms with Crippen molar-refractivity contribution in [2.24, 2.45) is 0 Å². The van der Waals surface area contributed by atoms with Gasteiger partial charge in [0.1, 0.15) is 16.1 Å². The minimum Gasteiger partial charge on any atom is -0.502 e. The molecule has 2 aliphatic rings. The van der Waals surface area contributed by atoms with E-state index in [-0.39, 0.29) is 21.1 Å². The Morgan fingerprint density at radius 3 is 0.773 bits per heavy atom. The summed E-state index contributed by atoms with van der Waals surface area (Å²) in [6, 6.07) is 33.0. The molecule has 4 nitrogen and oxygen atoms in total. The van der Waals surface area contributed by atoms with Crippen LogP contribution in [0, 0.1) is 61.0 Å². The molecule has 0 saturated heterocycles. The predicted octanol–water partition coefficient (Wildman–Crippen LogP) is 18.5. The summed E-state index contributed by atoms with van der Waals surface area (Å²) in [6.07, 6.45) is 24.2. The van der Waals surface area contributed by atoms with E-state index in [1.165, 1.54) is 74.1 Å². The van der Waals surface area contributed by atoms with Crippen molar-refractivity contribution in [1.82, 2.24) is 0 Å². The normalized spacial score (nSPS) is 12.5. The van der Waals surface area contributed by atoms with Crippen molar-refractivity contribution in [1.29, 1.82) is 0 Å². The van der Waals surface area contributed by atoms with Gasteiger partial charge in [-0.05, 0) is 109 Å². The van der Waals surface area contributed by atoms with Crippen LogP contribution in [0.2, 0.25) is 33.2 Å². The van der Waals surface area contributed by atoms with E-state index in [1.807, 2.05) is 48.5 Å². The fourth-order valence-electron chi connectivity index (χ4n) is 11.0. The molecular weight excluding hydrogens is 1120 g/mol. The molecule has 406 valence electrons. The zero-order valence-corrected chi connectivity index (χ0v) is 53.7. The van der Waals surface area contributed by atoms with Gasteiger partial charge in [-0.2, -0.15) is 13.3 Å². The number of fused-ring (bicyclic) bond motifs is 2. The average molecular weight is 1220 g/mol. The Balaban J connectivity index is 0.000000341. The first-order valence-electron chi connectivity index (χ1n) is 28.5. The number of hydrogen-bond acceptors (Lipinski definition) is 4. The Kier molecular flexibility index (Phi) is 30.4. The Labute approximate surface area is 478 Å². The van der Waals surface area contributed by atoms with Crippen molar-refractivity contribution in [2.45, 2.75) is 195 Å². The Hall–Kier alpha value is -4.56. The fourth-order valence-corrected chi connectivity index (χ4v) is 21.5. The molecule has 0 atom stereocenters. The summed E-state index contributed by atoms with van der Waals surface area (Å²) in [5, 5.41) is 0. The number of para-hydroxylation sites is 4. The van der Waals surface area contributed by atoms with Gasteiger partial charge >= 0.3 is 21.1 Å². The molecule has 0 bridgehead atoms. The van der Waals surface area contributed by atoms with Crippen LogP contribution in [0.25, 0.3) is 0 Å². The summed E-state index contributed by atoms with van der Waals surface area (Å²) in [5.41, 5.74) is 20.5. The van der Waals surface area contributed by atoms with Crippen molar-refractivity contribution >= 4 is 38.9 Å². The summed E-state index contributed by atoms with van der Waals surface area (Å²) in [4.78, 5) is 9.59. The van der Waals surface area contributed by atoms with Crippen LogP contribution >= 0.6 is 0 Å². The maximum absolute atomic E-state index is 7.10. The minimum absolute atomic E-state index is 0. The number of hydrogen-bond donors (Lipinski definition) is 0. The predicted molar refractivity (Wildman–Crippen MR) is 332 cm³/mol. The second-order valence-electron chi connectivity index (χ2n) is 22.1. The smallest absolute Gasteiger partial charge is 0.502 e. The van der Waals surface area contributed by atoms with Crippen molar-refractivity contribution in [3.8, 4) is 34.8 Å². The molecule has 0 radical (unpaired) electrons. The summed E-state index contributed by atoms with van der Waals surface area (Å²) < 4.78 is 0. The van der Waals surface area contributed by atoms with Gasteiger partial charge in [0.05, 0.1) is 0 Å². The third kappa shape index (κ3) is 18.9. The fraction of sp³-hybridized carbons (Fsp3) is 0.500. The summed E-state index contributed by atoms with van der Waals surface area (Å²) >= 11 is 0. The summed E-state index contributed by atoms with van der Waals surface area (Å²) in [7, 11) is -3.29. The van der Waals surface area contributed by atoms with Crippen molar-refractivity contribution < 1.29 is 21.1 Å². The first-order valence-corrected chi connectivity index (χ1v) is 32.9. The van der Waals surface area contributed by atoms with E-state index in [9.17, 15) is 0 Å². The SMILES string of the molecule is CCCCN1[CH-]N(CCCC)c2ccccc21.CCCCN1[CH-]N(CCCC)c2ccccc21.[C-]#Cc1ccc(C#C[Si](C(C)C)(C(C)C)C(C)C)cc1.[C-]#Cc1ccc(C#C[Si](C(C)C)(C(C)C)C(C)C)cc1.[Pt+4]. The Morgan fingerprint density at radius 2 is 0.587 bits per heavy atom. The molecule has 0 saturated carbocycles. The summed E-state index contributed by atoms with van der Waals surface area (Å²) in [5.74, 6) is 11.6. The van der Waals surface area contributed by atoms with Crippen LogP contribution in [0.15, 0.2) is 97.1 Å². The maximum atomic E-state index is 7.10. The van der Waals surface area contributed by atoms with Crippen molar-refractivity contribution in [2.75, 3.05) is 45.8 Å². The molecule has 0 amide bonds.